The summed E-state index contributed by atoms with van der Waals surface area (Å²) in [4.78, 5) is 25.5. The molecule has 1 N–H and O–H groups in total. The first-order chi connectivity index (χ1) is 11.6. The molecule has 3 rings (SSSR count). The van der Waals surface area contributed by atoms with Gasteiger partial charge in [0, 0.05) is 23.7 Å². The maximum absolute atomic E-state index is 12.0. The first-order valence-electron chi connectivity index (χ1n) is 7.68. The van der Waals surface area contributed by atoms with E-state index in [1.54, 1.807) is 29.2 Å². The minimum Gasteiger partial charge on any atom is -0.439 e. The van der Waals surface area contributed by atoms with Crippen LogP contribution in [0, 0.1) is 0 Å². The third-order valence-electron chi connectivity index (χ3n) is 3.81. The van der Waals surface area contributed by atoms with Crippen molar-refractivity contribution in [2.45, 2.75) is 6.10 Å². The van der Waals surface area contributed by atoms with Crippen molar-refractivity contribution >= 4 is 23.6 Å². The van der Waals surface area contributed by atoms with Gasteiger partial charge < -0.3 is 15.0 Å². The van der Waals surface area contributed by atoms with Crippen LogP contribution in [0.4, 0.5) is 4.79 Å². The smallest absolute Gasteiger partial charge is 0.410 e. The van der Waals surface area contributed by atoms with Crippen molar-refractivity contribution in [3.8, 4) is 0 Å². The predicted octanol–water partition coefficient (Wildman–Crippen LogP) is 3.26. The molecule has 1 aliphatic heterocycles. The molecule has 1 heterocycles. The van der Waals surface area contributed by atoms with Crippen molar-refractivity contribution in [1.82, 2.24) is 10.2 Å². The number of nitrogens with zero attached hydrogens (tertiary/aromatic N) is 1. The predicted molar refractivity (Wildman–Crippen MR) is 91.0 cm³/mol. The Balaban J connectivity index is 1.50. The fourth-order valence-electron chi connectivity index (χ4n) is 2.57. The normalized spacial score (nSPS) is 16.8. The average molecular weight is 345 g/mol. The van der Waals surface area contributed by atoms with Crippen molar-refractivity contribution in [1.29, 1.82) is 0 Å². The van der Waals surface area contributed by atoms with E-state index in [9.17, 15) is 9.59 Å². The molecule has 5 nitrogen and oxygen atoms in total. The quantitative estimate of drug-likeness (QED) is 0.905. The highest BCUT2D eigenvalue weighted by Crippen LogP contribution is 2.25. The van der Waals surface area contributed by atoms with Gasteiger partial charge in [-0.05, 0) is 23.8 Å². The van der Waals surface area contributed by atoms with Crippen LogP contribution in [0.3, 0.4) is 0 Å². The molecule has 0 radical (unpaired) electrons. The Morgan fingerprint density at radius 1 is 1.21 bits per heavy atom. The van der Waals surface area contributed by atoms with Gasteiger partial charge in [-0.1, -0.05) is 48.0 Å². The number of cyclic esters (lactones) is 1. The molecule has 0 spiro atoms. The Kier molecular flexibility index (Phi) is 5.01. The van der Waals surface area contributed by atoms with Gasteiger partial charge in [0.25, 0.3) is 5.91 Å². The minimum atomic E-state index is -0.360. The molecule has 1 atom stereocenters. The van der Waals surface area contributed by atoms with E-state index in [2.05, 4.69) is 5.32 Å². The molecule has 0 bridgehead atoms. The van der Waals surface area contributed by atoms with Gasteiger partial charge >= 0.3 is 6.09 Å². The molecule has 24 heavy (non-hydrogen) atoms. The summed E-state index contributed by atoms with van der Waals surface area (Å²) in [5.41, 5.74) is 1.46. The topological polar surface area (TPSA) is 58.6 Å². The van der Waals surface area contributed by atoms with E-state index in [0.29, 0.717) is 30.2 Å². The Hall–Kier alpha value is -2.53. The van der Waals surface area contributed by atoms with Gasteiger partial charge in [-0.25, -0.2) is 4.79 Å². The molecule has 124 valence electrons. The first-order valence-corrected chi connectivity index (χ1v) is 8.05. The van der Waals surface area contributed by atoms with Gasteiger partial charge in [-0.15, -0.1) is 0 Å². The van der Waals surface area contributed by atoms with E-state index in [4.69, 9.17) is 16.3 Å². The van der Waals surface area contributed by atoms with Crippen molar-refractivity contribution < 1.29 is 14.3 Å². The summed E-state index contributed by atoms with van der Waals surface area (Å²) in [6.07, 6.45) is -0.622. The summed E-state index contributed by atoms with van der Waals surface area (Å²) in [6.45, 7) is 1.23. The monoisotopic (exact) mass is 344 g/mol. The molecule has 6 heteroatoms. The van der Waals surface area contributed by atoms with Crippen LogP contribution in [-0.2, 0) is 4.74 Å². The van der Waals surface area contributed by atoms with Crippen LogP contribution in [0.15, 0.2) is 54.6 Å². The third-order valence-corrected chi connectivity index (χ3v) is 4.05. The van der Waals surface area contributed by atoms with Crippen molar-refractivity contribution in [2.75, 3.05) is 19.6 Å². The summed E-state index contributed by atoms with van der Waals surface area (Å²) in [7, 11) is 0. The zero-order valence-electron chi connectivity index (χ0n) is 12.9. The highest BCUT2D eigenvalue weighted by atomic mass is 35.5. The molecule has 1 unspecified atom stereocenters. The van der Waals surface area contributed by atoms with Gasteiger partial charge in [0.2, 0.25) is 0 Å². The molecule has 1 aliphatic rings. The number of nitrogens with one attached hydrogen (secondary N) is 1. The number of hydrogen-bond donors (Lipinski definition) is 1. The van der Waals surface area contributed by atoms with Crippen LogP contribution in [0.25, 0.3) is 0 Å². The minimum absolute atomic E-state index is 0.218. The average Bonchev–Trinajstić information content (AvgIpc) is 2.96. The Morgan fingerprint density at radius 2 is 2.00 bits per heavy atom. The molecule has 0 aliphatic carbocycles. The lowest BCUT2D eigenvalue weighted by atomic mass is 10.1. The molecule has 1 saturated heterocycles. The van der Waals surface area contributed by atoms with Crippen LogP contribution >= 0.6 is 11.6 Å². The van der Waals surface area contributed by atoms with E-state index in [1.165, 1.54) is 0 Å². The lowest BCUT2D eigenvalue weighted by molar-refractivity contribution is 0.0948. The standard InChI is InChI=1S/C18H17ClN2O3/c19-15-8-4-7-14(11-15)17(22)20-9-10-21-12-16(24-18(21)23)13-5-2-1-3-6-13/h1-8,11,16H,9-10,12H2,(H,20,22). The molecule has 2 amide bonds. The molecular weight excluding hydrogens is 328 g/mol. The van der Waals surface area contributed by atoms with Gasteiger partial charge in [0.1, 0.15) is 6.10 Å². The highest BCUT2D eigenvalue weighted by molar-refractivity contribution is 6.30. The van der Waals surface area contributed by atoms with Gasteiger partial charge in [0.15, 0.2) is 0 Å². The molecule has 0 saturated carbocycles. The molecule has 0 aromatic heterocycles. The number of halogens is 1. The number of benzene rings is 2. The van der Waals surface area contributed by atoms with Crippen molar-refractivity contribution in [3.63, 3.8) is 0 Å². The third kappa shape index (κ3) is 3.86. The van der Waals surface area contributed by atoms with Crippen LogP contribution in [0.1, 0.15) is 22.0 Å². The van der Waals surface area contributed by atoms with Gasteiger partial charge in [0.05, 0.1) is 6.54 Å². The van der Waals surface area contributed by atoms with E-state index in [1.807, 2.05) is 30.3 Å². The van der Waals surface area contributed by atoms with E-state index >= 15 is 0 Å². The maximum atomic E-state index is 12.0. The van der Waals surface area contributed by atoms with E-state index < -0.39 is 0 Å². The second-order valence-corrected chi connectivity index (χ2v) is 5.93. The molecule has 2 aromatic rings. The first kappa shape index (κ1) is 16.3. The number of carbonyl (C=O) groups excluding carboxylic acids is 2. The van der Waals surface area contributed by atoms with E-state index in [0.717, 1.165) is 5.56 Å². The number of hydrogen-bond acceptors (Lipinski definition) is 3. The highest BCUT2D eigenvalue weighted by Gasteiger charge is 2.31. The zero-order chi connectivity index (χ0) is 16.9. The second-order valence-electron chi connectivity index (χ2n) is 5.50. The fourth-order valence-corrected chi connectivity index (χ4v) is 2.76. The lowest BCUT2D eigenvalue weighted by Crippen LogP contribution is -2.35. The largest absolute Gasteiger partial charge is 0.439 e. The fraction of sp³-hybridized carbons (Fsp3) is 0.222. The molecular formula is C18H17ClN2O3. The van der Waals surface area contributed by atoms with E-state index in [-0.39, 0.29) is 18.1 Å². The summed E-state index contributed by atoms with van der Waals surface area (Å²) in [5.74, 6) is -0.218. The lowest BCUT2D eigenvalue weighted by Gasteiger charge is -2.13. The number of ether oxygens (including phenoxy) is 1. The SMILES string of the molecule is O=C(NCCN1CC(c2ccccc2)OC1=O)c1cccc(Cl)c1. The summed E-state index contributed by atoms with van der Waals surface area (Å²) in [5, 5.41) is 3.29. The van der Waals surface area contributed by atoms with Crippen LogP contribution in [-0.4, -0.2) is 36.5 Å². The van der Waals surface area contributed by atoms with Crippen LogP contribution < -0.4 is 5.32 Å². The summed E-state index contributed by atoms with van der Waals surface area (Å²) in [6, 6.07) is 16.3. The number of carbonyl (C=O) groups is 2. The van der Waals surface area contributed by atoms with Crippen molar-refractivity contribution in [2.24, 2.45) is 0 Å². The Bertz CT molecular complexity index is 736. The Labute approximate surface area is 145 Å². The maximum Gasteiger partial charge on any atom is 0.410 e. The van der Waals surface area contributed by atoms with Crippen molar-refractivity contribution in [3.05, 3.63) is 70.7 Å². The Morgan fingerprint density at radius 3 is 2.75 bits per heavy atom. The second kappa shape index (κ2) is 7.36. The van der Waals surface area contributed by atoms with Gasteiger partial charge in [-0.2, -0.15) is 0 Å². The molecule has 2 aromatic carbocycles. The zero-order valence-corrected chi connectivity index (χ0v) is 13.7. The number of rotatable bonds is 5. The summed E-state index contributed by atoms with van der Waals surface area (Å²) >= 11 is 5.87. The van der Waals surface area contributed by atoms with Gasteiger partial charge in [-0.3, -0.25) is 4.79 Å². The van der Waals surface area contributed by atoms with Crippen LogP contribution in [0.5, 0.6) is 0 Å². The number of amides is 2. The molecule has 1 fully saturated rings. The van der Waals surface area contributed by atoms with Crippen LogP contribution in [0.2, 0.25) is 5.02 Å². The summed E-state index contributed by atoms with van der Waals surface area (Å²) < 4.78 is 5.37.